The minimum Gasteiger partial charge on any atom is -0.343 e. The van der Waals surface area contributed by atoms with Gasteiger partial charge in [0.2, 0.25) is 0 Å². The molecule has 0 bridgehead atoms. The van der Waals surface area contributed by atoms with E-state index < -0.39 is 0 Å². The molecule has 0 saturated heterocycles. The Morgan fingerprint density at radius 2 is 2.50 bits per heavy atom. The first kappa shape index (κ1) is 6.60. The van der Waals surface area contributed by atoms with Crippen LogP contribution in [0, 0.1) is 6.90 Å². The molecule has 1 heteroatoms. The fraction of sp³-hybridized carbons (Fsp3) is 0.800. The van der Waals surface area contributed by atoms with E-state index in [4.69, 9.17) is 1.37 Å². The number of hydrogen-bond acceptors (Lipinski definition) is 0. The van der Waals surface area contributed by atoms with Gasteiger partial charge in [0.15, 0.2) is 0 Å². The largest absolute Gasteiger partial charge is 1.00 e. The van der Waals surface area contributed by atoms with Crippen LogP contribution in [-0.4, -0.2) is 0 Å². The van der Waals surface area contributed by atoms with Crippen LogP contribution in [0.25, 0.3) is 0 Å². The summed E-state index contributed by atoms with van der Waals surface area (Å²) in [6.45, 7) is 3.59. The van der Waals surface area contributed by atoms with Crippen LogP contribution in [0.1, 0.15) is 27.6 Å². The zero-order valence-corrected chi connectivity index (χ0v) is 4.70. The molecule has 0 radical (unpaired) electrons. The van der Waals surface area contributed by atoms with Crippen LogP contribution in [0.15, 0.2) is 0 Å². The van der Waals surface area contributed by atoms with Gasteiger partial charge in [0.25, 0.3) is 0 Å². The monoisotopic (exact) mass is 79.1 g/mol. The molecule has 6 heavy (non-hydrogen) atoms. The van der Waals surface area contributed by atoms with Crippen molar-refractivity contribution in [2.75, 3.05) is 0 Å². The van der Waals surface area contributed by atoms with E-state index in [1.807, 2.05) is 0 Å². The van der Waals surface area contributed by atoms with E-state index in [0.29, 0.717) is 0 Å². The first-order chi connectivity index (χ1) is 2.91. The molecule has 0 aliphatic carbocycles. The van der Waals surface area contributed by atoms with E-state index in [0.717, 1.165) is 6.42 Å². The Hall–Kier alpha value is 0.597. The smallest absolute Gasteiger partial charge is 0.343 e. The Morgan fingerprint density at radius 3 is 2.67 bits per heavy atom. The van der Waals surface area contributed by atoms with Crippen LogP contribution in [0.3, 0.4) is 0 Å². The van der Waals surface area contributed by atoms with Crippen LogP contribution in [0.5, 0.6) is 0 Å². The van der Waals surface area contributed by atoms with Crippen molar-refractivity contribution in [3.63, 3.8) is 0 Å². The molecule has 0 nitrogen and oxygen atoms in total. The number of rotatable bonds is 3. The van der Waals surface area contributed by atoms with E-state index in [1.165, 1.54) is 19.7 Å². The first-order valence-corrected chi connectivity index (χ1v) is 2.12. The van der Waals surface area contributed by atoms with Crippen LogP contribution in [0.4, 0.5) is 0 Å². The van der Waals surface area contributed by atoms with Gasteiger partial charge in [-0.25, -0.2) is 1.37 Å². The topological polar surface area (TPSA) is 0 Å². The number of unbranched alkanes of at least 4 members (excludes halogenated alkanes) is 2. The number of hydrogen-bond donors (Lipinski definition) is 0. The summed E-state index contributed by atoms with van der Waals surface area (Å²) in [6.07, 6.45) is 3.33. The van der Waals surface area contributed by atoms with Crippen molar-refractivity contribution in [3.05, 3.63) is 6.90 Å². The van der Waals surface area contributed by atoms with Gasteiger partial charge < -0.3 is 6.90 Å². The summed E-state index contributed by atoms with van der Waals surface area (Å²) in [4.78, 5) is 0. The van der Waals surface area contributed by atoms with E-state index >= 15 is 0 Å². The Bertz CT molecular complexity index is 20.0. The molecular formula is C5H11Li. The van der Waals surface area contributed by atoms with Crippen molar-refractivity contribution in [1.82, 2.24) is 0 Å². The Kier molecular flexibility index (Phi) is 10.1. The molecular weight excluding hydrogens is 67.0 g/mol. The quantitative estimate of drug-likeness (QED) is 0.231. The van der Waals surface area contributed by atoms with E-state index in [9.17, 15) is 0 Å². The Balaban J connectivity index is 0. The molecule has 0 aliphatic rings. The summed E-state index contributed by atoms with van der Waals surface area (Å²) in [5, 5.41) is 0. The van der Waals surface area contributed by atoms with Crippen molar-refractivity contribution in [3.8, 4) is 0 Å². The Labute approximate surface area is 53.9 Å². The molecule has 0 aromatic rings. The van der Waals surface area contributed by atoms with Crippen molar-refractivity contribution in [2.24, 2.45) is 0 Å². The third-order valence-electron chi connectivity index (χ3n) is 0.558. The summed E-state index contributed by atoms with van der Waals surface area (Å²) in [5.74, 6) is 0. The van der Waals surface area contributed by atoms with E-state index in [1.54, 1.807) is 0 Å². The predicted octanol–water partition coefficient (Wildman–Crippen LogP) is -0.985. The molecule has 0 aliphatic heterocycles. The van der Waals surface area contributed by atoms with Gasteiger partial charge >= 0.3 is 18.9 Å². The fourth-order valence-corrected chi connectivity index (χ4v) is 0.204. The molecule has 0 aromatic carbocycles. The zero-order chi connectivity index (χ0) is 4.83. The second kappa shape index (κ2) is 9.14. The molecule has 0 aromatic heterocycles. The second-order valence-electron chi connectivity index (χ2n) is 1.14. The fourth-order valence-electron chi connectivity index (χ4n) is 0.204. The first-order valence-electron chi connectivity index (χ1n) is 2.69. The molecule has 0 spiro atoms. The Morgan fingerprint density at radius 1 is 1.83 bits per heavy atom. The van der Waals surface area contributed by atoms with Gasteiger partial charge in [-0.15, -0.1) is 0 Å². The summed E-state index contributed by atoms with van der Waals surface area (Å²) in [5.41, 5.74) is 0. The van der Waals surface area contributed by atoms with Gasteiger partial charge in [-0.05, 0) is 0 Å². The van der Waals surface area contributed by atoms with Crippen LogP contribution < -0.4 is 18.9 Å². The van der Waals surface area contributed by atoms with Crippen LogP contribution >= 0.6 is 0 Å². The maximum atomic E-state index is 6.58. The molecule has 0 amide bonds. The molecule has 0 heterocycles. The molecule has 0 rings (SSSR count). The van der Waals surface area contributed by atoms with Crippen molar-refractivity contribution in [2.45, 2.75) is 26.2 Å². The van der Waals surface area contributed by atoms with E-state index in [-0.39, 0.29) is 18.9 Å². The average molecular weight is 79.1 g/mol. The zero-order valence-electron chi connectivity index (χ0n) is 5.70. The molecule has 0 atom stereocenters. The van der Waals surface area contributed by atoms with E-state index in [2.05, 4.69) is 6.92 Å². The predicted molar refractivity (Wildman–Crippen MR) is 24.9 cm³/mol. The molecule has 0 saturated carbocycles. The summed E-state index contributed by atoms with van der Waals surface area (Å²) >= 11 is 0. The van der Waals surface area contributed by atoms with Gasteiger partial charge in [-0.1, -0.05) is 19.8 Å². The summed E-state index contributed by atoms with van der Waals surface area (Å²) in [7, 11) is 0. The third-order valence-corrected chi connectivity index (χ3v) is 0.558. The molecule has 0 N–H and O–H groups in total. The maximum absolute atomic E-state index is 6.58. The third kappa shape index (κ3) is 8.82. The second-order valence-corrected chi connectivity index (χ2v) is 1.14. The van der Waals surface area contributed by atoms with Gasteiger partial charge in [-0.2, -0.15) is 6.42 Å². The summed E-state index contributed by atoms with van der Waals surface area (Å²) < 4.78 is 6.58. The van der Waals surface area contributed by atoms with Crippen molar-refractivity contribution in [1.29, 1.82) is 0 Å². The van der Waals surface area contributed by atoms with Crippen molar-refractivity contribution >= 4 is 0 Å². The minimum atomic E-state index is 0. The van der Waals surface area contributed by atoms with Crippen molar-refractivity contribution < 1.29 is 20.2 Å². The van der Waals surface area contributed by atoms with Gasteiger partial charge in [0.1, 0.15) is 0 Å². The average Bonchev–Trinajstić information content (AvgIpc) is 1.61. The van der Waals surface area contributed by atoms with Gasteiger partial charge in [0, 0.05) is 0 Å². The van der Waals surface area contributed by atoms with Gasteiger partial charge in [0.05, 0.1) is 0 Å². The normalized spacial score (nSPS) is 9.17. The van der Waals surface area contributed by atoms with Crippen LogP contribution in [-0.2, 0) is 0 Å². The molecule has 0 unspecified atom stereocenters. The molecule has 0 fully saturated rings. The minimum absolute atomic E-state index is 0. The maximum Gasteiger partial charge on any atom is 1.00 e. The summed E-state index contributed by atoms with van der Waals surface area (Å²) in [6, 6.07) is 0. The standard InChI is InChI=1S/C5H11.Li/c1-3-5-4-2;/h1,3-5H2,2H3;/q-1;+1/i1D;. The molecule has 32 valence electrons. The SMILES string of the molecule is [2H][CH-]CCCC.[Li+]. The van der Waals surface area contributed by atoms with Crippen LogP contribution in [0.2, 0.25) is 0 Å². The van der Waals surface area contributed by atoms with Gasteiger partial charge in [-0.3, -0.25) is 0 Å².